The van der Waals surface area contributed by atoms with Crippen molar-refractivity contribution in [1.29, 1.82) is 0 Å². The number of nitrogens with one attached hydrogen (secondary N) is 1. The maximum atomic E-state index is 6.16. The summed E-state index contributed by atoms with van der Waals surface area (Å²) >= 11 is 0. The summed E-state index contributed by atoms with van der Waals surface area (Å²) < 4.78 is 17.2. The van der Waals surface area contributed by atoms with E-state index < -0.39 is 0 Å². The third-order valence-electron chi connectivity index (χ3n) is 5.64. The molecule has 2 aliphatic rings. The largest absolute Gasteiger partial charge is 0.490 e. The number of para-hydroxylation sites is 1. The van der Waals surface area contributed by atoms with Gasteiger partial charge in [0.05, 0.1) is 18.8 Å². The maximum Gasteiger partial charge on any atom is 0.194 e. The van der Waals surface area contributed by atoms with Crippen LogP contribution in [0.5, 0.6) is 5.75 Å². The van der Waals surface area contributed by atoms with Crippen molar-refractivity contribution in [2.24, 2.45) is 4.99 Å². The van der Waals surface area contributed by atoms with Crippen LogP contribution < -0.4 is 10.1 Å². The molecule has 3 rings (SSSR count). The van der Waals surface area contributed by atoms with Crippen molar-refractivity contribution in [2.75, 3.05) is 40.0 Å². The smallest absolute Gasteiger partial charge is 0.194 e. The molecule has 1 saturated carbocycles. The van der Waals surface area contributed by atoms with Gasteiger partial charge in [-0.3, -0.25) is 0 Å². The van der Waals surface area contributed by atoms with E-state index in [2.05, 4.69) is 35.3 Å². The highest BCUT2D eigenvalue weighted by atomic mass is 16.5. The molecule has 1 aromatic rings. The number of ether oxygens (including phenoxy) is 3. The number of nitrogens with zero attached hydrogens (tertiary/aromatic N) is 2. The molecule has 0 radical (unpaired) electrons. The van der Waals surface area contributed by atoms with E-state index in [0.717, 1.165) is 69.4 Å². The zero-order chi connectivity index (χ0) is 20.3. The van der Waals surface area contributed by atoms with E-state index in [0.29, 0.717) is 18.8 Å². The van der Waals surface area contributed by atoms with Gasteiger partial charge in [0.1, 0.15) is 5.75 Å². The van der Waals surface area contributed by atoms with Gasteiger partial charge in [0.2, 0.25) is 0 Å². The van der Waals surface area contributed by atoms with Crippen LogP contribution in [-0.2, 0) is 16.0 Å². The van der Waals surface area contributed by atoms with Crippen LogP contribution >= 0.6 is 0 Å². The summed E-state index contributed by atoms with van der Waals surface area (Å²) in [6.45, 7) is 7.12. The van der Waals surface area contributed by atoms with E-state index in [4.69, 9.17) is 19.2 Å². The fourth-order valence-corrected chi connectivity index (χ4v) is 3.69. The van der Waals surface area contributed by atoms with Gasteiger partial charge in [-0.2, -0.15) is 0 Å². The lowest BCUT2D eigenvalue weighted by Gasteiger charge is -2.34. The van der Waals surface area contributed by atoms with E-state index in [1.54, 1.807) is 7.11 Å². The van der Waals surface area contributed by atoms with Crippen LogP contribution in [-0.4, -0.2) is 63.0 Å². The van der Waals surface area contributed by atoms with Crippen LogP contribution in [0, 0.1) is 0 Å². The minimum atomic E-state index is 0.350. The Morgan fingerprint density at radius 2 is 1.90 bits per heavy atom. The molecule has 6 heteroatoms. The average molecular weight is 404 g/mol. The molecular formula is C23H37N3O3. The topological polar surface area (TPSA) is 55.3 Å². The lowest BCUT2D eigenvalue weighted by molar-refractivity contribution is 0.00990. The Kier molecular flexibility index (Phi) is 9.09. The number of guanidine groups is 1. The maximum absolute atomic E-state index is 6.16. The first-order valence-electron chi connectivity index (χ1n) is 11.2. The number of hydrogen-bond donors (Lipinski definition) is 1. The molecule has 1 N–H and O–H groups in total. The van der Waals surface area contributed by atoms with Crippen molar-refractivity contribution < 1.29 is 14.2 Å². The lowest BCUT2D eigenvalue weighted by Crippen LogP contribution is -2.47. The monoisotopic (exact) mass is 403 g/mol. The molecular weight excluding hydrogens is 366 g/mol. The molecule has 1 aromatic carbocycles. The van der Waals surface area contributed by atoms with Gasteiger partial charge >= 0.3 is 0 Å². The van der Waals surface area contributed by atoms with Gasteiger partial charge in [-0.15, -0.1) is 0 Å². The Balaban J connectivity index is 1.53. The van der Waals surface area contributed by atoms with Gasteiger partial charge in [0.25, 0.3) is 0 Å². The van der Waals surface area contributed by atoms with E-state index in [-0.39, 0.29) is 0 Å². The highest BCUT2D eigenvalue weighted by Gasteiger charge is 2.22. The predicted molar refractivity (Wildman–Crippen MR) is 117 cm³/mol. The van der Waals surface area contributed by atoms with Gasteiger partial charge < -0.3 is 24.4 Å². The first-order chi connectivity index (χ1) is 14.3. The molecule has 0 unspecified atom stereocenters. The van der Waals surface area contributed by atoms with Crippen molar-refractivity contribution in [2.45, 2.75) is 64.2 Å². The number of hydrogen-bond acceptors (Lipinski definition) is 4. The number of piperidine rings is 1. The second kappa shape index (κ2) is 12.0. The van der Waals surface area contributed by atoms with Crippen LogP contribution in [0.4, 0.5) is 0 Å². The zero-order valence-electron chi connectivity index (χ0n) is 18.1. The van der Waals surface area contributed by atoms with Crippen LogP contribution in [0.15, 0.2) is 29.3 Å². The predicted octanol–water partition coefficient (Wildman–Crippen LogP) is 3.60. The van der Waals surface area contributed by atoms with E-state index >= 15 is 0 Å². The summed E-state index contributed by atoms with van der Waals surface area (Å²) in [5.41, 5.74) is 1.16. The second-order valence-electron chi connectivity index (χ2n) is 7.85. The van der Waals surface area contributed by atoms with Crippen LogP contribution in [0.1, 0.15) is 51.0 Å². The van der Waals surface area contributed by atoms with Crippen LogP contribution in [0.25, 0.3) is 0 Å². The first kappa shape index (κ1) is 21.9. The van der Waals surface area contributed by atoms with Crippen molar-refractivity contribution in [1.82, 2.24) is 10.2 Å². The Hall–Kier alpha value is -1.79. The summed E-state index contributed by atoms with van der Waals surface area (Å²) in [4.78, 5) is 7.28. The van der Waals surface area contributed by atoms with Gasteiger partial charge in [0, 0.05) is 45.5 Å². The lowest BCUT2D eigenvalue weighted by atomic mass is 9.96. The third kappa shape index (κ3) is 6.89. The van der Waals surface area contributed by atoms with Crippen molar-refractivity contribution in [3.63, 3.8) is 0 Å². The first-order valence-corrected chi connectivity index (χ1v) is 11.2. The summed E-state index contributed by atoms with van der Waals surface area (Å²) in [6, 6.07) is 8.31. The van der Waals surface area contributed by atoms with E-state index in [1.807, 2.05) is 6.07 Å². The average Bonchev–Trinajstić information content (AvgIpc) is 2.72. The molecule has 6 nitrogen and oxygen atoms in total. The Bertz CT molecular complexity index is 626. The molecule has 0 spiro atoms. The fourth-order valence-electron chi connectivity index (χ4n) is 3.69. The molecule has 2 fully saturated rings. The molecule has 1 aliphatic carbocycles. The highest BCUT2D eigenvalue weighted by Crippen LogP contribution is 2.28. The Morgan fingerprint density at radius 1 is 1.10 bits per heavy atom. The fraction of sp³-hybridized carbons (Fsp3) is 0.696. The van der Waals surface area contributed by atoms with Crippen molar-refractivity contribution in [3.8, 4) is 5.75 Å². The minimum absolute atomic E-state index is 0.350. The summed E-state index contributed by atoms with van der Waals surface area (Å²) in [5.74, 6) is 1.98. The van der Waals surface area contributed by atoms with Gasteiger partial charge in [-0.25, -0.2) is 4.99 Å². The number of likely N-dealkylation sites (tertiary alicyclic amines) is 1. The Labute approximate surface area is 175 Å². The molecule has 1 aliphatic heterocycles. The van der Waals surface area contributed by atoms with Gasteiger partial charge in [-0.1, -0.05) is 18.2 Å². The number of methoxy groups -OCH3 is 1. The molecule has 162 valence electrons. The zero-order valence-corrected chi connectivity index (χ0v) is 18.1. The highest BCUT2D eigenvalue weighted by molar-refractivity contribution is 5.80. The molecule has 0 amide bonds. The van der Waals surface area contributed by atoms with Crippen LogP contribution in [0.3, 0.4) is 0 Å². The Morgan fingerprint density at radius 3 is 2.59 bits per heavy atom. The van der Waals surface area contributed by atoms with Gasteiger partial charge in [0.15, 0.2) is 5.96 Å². The van der Waals surface area contributed by atoms with Crippen molar-refractivity contribution in [3.05, 3.63) is 29.8 Å². The second-order valence-corrected chi connectivity index (χ2v) is 7.85. The number of benzene rings is 1. The van der Waals surface area contributed by atoms with Crippen LogP contribution in [0.2, 0.25) is 0 Å². The molecule has 0 bridgehead atoms. The molecule has 29 heavy (non-hydrogen) atoms. The molecule has 0 aromatic heterocycles. The van der Waals surface area contributed by atoms with Crippen molar-refractivity contribution >= 4 is 5.96 Å². The molecule has 1 heterocycles. The molecule has 0 atom stereocenters. The van der Waals surface area contributed by atoms with E-state index in [9.17, 15) is 0 Å². The summed E-state index contributed by atoms with van der Waals surface area (Å²) in [5, 5.41) is 3.46. The number of rotatable bonds is 10. The number of aliphatic imine (C=N–C) groups is 1. The molecule has 1 saturated heterocycles. The normalized spacial score (nSPS) is 18.6. The summed E-state index contributed by atoms with van der Waals surface area (Å²) in [6.07, 6.45) is 7.40. The van der Waals surface area contributed by atoms with Gasteiger partial charge in [-0.05, 0) is 51.5 Å². The quantitative estimate of drug-likeness (QED) is 0.367. The minimum Gasteiger partial charge on any atom is -0.490 e. The SMILES string of the molecule is CCNC(=NCc1ccccc1OC1CCC1)N1CCC(OCCCOC)CC1. The summed E-state index contributed by atoms with van der Waals surface area (Å²) in [7, 11) is 1.73. The standard InChI is InChI=1S/C23H37N3O3/c1-3-24-23(26-14-12-20(13-15-26)28-17-7-16-27-2)25-18-19-8-4-5-11-22(19)29-21-9-6-10-21/h4-5,8,11,20-21H,3,6-7,9-10,12-18H2,1-2H3,(H,24,25). The van der Waals surface area contributed by atoms with E-state index in [1.165, 1.54) is 19.3 Å². The third-order valence-corrected chi connectivity index (χ3v) is 5.64.